The van der Waals surface area contributed by atoms with E-state index in [1.54, 1.807) is 12.4 Å². The molecular weight excluding hydrogens is 370 g/mol. The molecule has 0 atom stereocenters. The zero-order valence-electron chi connectivity index (χ0n) is 15.7. The number of benzene rings is 1. The summed E-state index contributed by atoms with van der Waals surface area (Å²) in [5.74, 6) is 0.933. The number of hydrogen-bond acceptors (Lipinski definition) is 8. The number of rotatable bonds is 6. The molecule has 0 bridgehead atoms. The van der Waals surface area contributed by atoms with Crippen molar-refractivity contribution >= 4 is 29.0 Å². The van der Waals surface area contributed by atoms with E-state index in [1.165, 1.54) is 6.20 Å². The standard InChI is InChI=1S/C20H21N7O2/c21-18(28)15-12-25-20(27-19(15)24-11-13-4-7-22-8-5-13)26-14-2-3-17-16(10-14)23-6-1-9-29-17/h2-5,7-8,10,12,23H,1,6,9,11H2,(H2,21,28)(H2,24,25,26,27). The number of hydrogen-bond donors (Lipinski definition) is 4. The molecule has 29 heavy (non-hydrogen) atoms. The summed E-state index contributed by atoms with van der Waals surface area (Å²) < 4.78 is 5.70. The minimum Gasteiger partial charge on any atom is -0.491 e. The summed E-state index contributed by atoms with van der Waals surface area (Å²) in [4.78, 5) is 24.4. The Balaban J connectivity index is 1.54. The molecule has 0 fully saturated rings. The Morgan fingerprint density at radius 3 is 2.93 bits per heavy atom. The lowest BCUT2D eigenvalue weighted by atomic mass is 10.2. The van der Waals surface area contributed by atoms with E-state index < -0.39 is 5.91 Å². The van der Waals surface area contributed by atoms with Gasteiger partial charge >= 0.3 is 0 Å². The average Bonchev–Trinajstić information content (AvgIpc) is 2.98. The second-order valence-electron chi connectivity index (χ2n) is 6.49. The van der Waals surface area contributed by atoms with Crippen LogP contribution in [0, 0.1) is 0 Å². The summed E-state index contributed by atoms with van der Waals surface area (Å²) in [7, 11) is 0. The highest BCUT2D eigenvalue weighted by molar-refractivity contribution is 5.97. The molecular formula is C20H21N7O2. The zero-order chi connectivity index (χ0) is 20.1. The molecule has 5 N–H and O–H groups in total. The third-order valence-corrected chi connectivity index (χ3v) is 4.39. The summed E-state index contributed by atoms with van der Waals surface area (Å²) >= 11 is 0. The number of aromatic nitrogens is 3. The molecule has 2 aromatic heterocycles. The Morgan fingerprint density at radius 1 is 1.24 bits per heavy atom. The lowest BCUT2D eigenvalue weighted by molar-refractivity contribution is 0.100. The summed E-state index contributed by atoms with van der Waals surface area (Å²) in [6.45, 7) is 2.01. The highest BCUT2D eigenvalue weighted by Gasteiger charge is 2.13. The van der Waals surface area contributed by atoms with Crippen LogP contribution in [0.5, 0.6) is 5.75 Å². The second kappa shape index (κ2) is 8.42. The van der Waals surface area contributed by atoms with Crippen molar-refractivity contribution in [2.45, 2.75) is 13.0 Å². The first-order valence-corrected chi connectivity index (χ1v) is 9.26. The predicted octanol–water partition coefficient (Wildman–Crippen LogP) is 2.52. The number of amides is 1. The summed E-state index contributed by atoms with van der Waals surface area (Å²) in [5, 5.41) is 9.64. The topological polar surface area (TPSA) is 127 Å². The molecule has 4 rings (SSSR count). The second-order valence-corrected chi connectivity index (χ2v) is 6.49. The fourth-order valence-electron chi connectivity index (χ4n) is 2.92. The van der Waals surface area contributed by atoms with E-state index in [-0.39, 0.29) is 5.56 Å². The third-order valence-electron chi connectivity index (χ3n) is 4.39. The van der Waals surface area contributed by atoms with Crippen LogP contribution < -0.4 is 26.4 Å². The Hall–Kier alpha value is -3.88. The van der Waals surface area contributed by atoms with Crippen molar-refractivity contribution in [1.29, 1.82) is 0 Å². The number of anilines is 4. The lowest BCUT2D eigenvalue weighted by Gasteiger charge is -2.13. The molecule has 148 valence electrons. The molecule has 0 unspecified atom stereocenters. The fourth-order valence-corrected chi connectivity index (χ4v) is 2.92. The minimum atomic E-state index is -0.597. The van der Waals surface area contributed by atoms with Crippen molar-refractivity contribution in [2.24, 2.45) is 5.73 Å². The number of carbonyl (C=O) groups is 1. The monoisotopic (exact) mass is 391 g/mol. The highest BCUT2D eigenvalue weighted by atomic mass is 16.5. The van der Waals surface area contributed by atoms with Crippen LogP contribution in [-0.4, -0.2) is 34.0 Å². The predicted molar refractivity (Wildman–Crippen MR) is 110 cm³/mol. The van der Waals surface area contributed by atoms with Crippen LogP contribution in [0.4, 0.5) is 23.1 Å². The van der Waals surface area contributed by atoms with Crippen molar-refractivity contribution in [3.63, 3.8) is 0 Å². The maximum atomic E-state index is 11.7. The van der Waals surface area contributed by atoms with E-state index in [1.807, 2.05) is 30.3 Å². The molecule has 3 aromatic rings. The number of nitrogens with zero attached hydrogens (tertiary/aromatic N) is 3. The molecule has 1 amide bonds. The van der Waals surface area contributed by atoms with Crippen molar-refractivity contribution in [3.05, 3.63) is 60.0 Å². The lowest BCUT2D eigenvalue weighted by Crippen LogP contribution is -2.17. The quantitative estimate of drug-likeness (QED) is 0.505. The normalized spacial score (nSPS) is 12.7. The molecule has 0 spiro atoms. The van der Waals surface area contributed by atoms with Gasteiger partial charge in [0.25, 0.3) is 5.91 Å². The van der Waals surface area contributed by atoms with Gasteiger partial charge in [0.15, 0.2) is 0 Å². The van der Waals surface area contributed by atoms with E-state index in [0.29, 0.717) is 24.9 Å². The molecule has 1 aliphatic rings. The molecule has 0 saturated heterocycles. The number of nitrogens with two attached hydrogens (primary N) is 1. The number of nitrogens with one attached hydrogen (secondary N) is 3. The van der Waals surface area contributed by atoms with Crippen LogP contribution in [0.15, 0.2) is 48.9 Å². The zero-order valence-corrected chi connectivity index (χ0v) is 15.7. The number of fused-ring (bicyclic) bond motifs is 1. The number of primary amides is 1. The Morgan fingerprint density at radius 2 is 2.10 bits per heavy atom. The van der Waals surface area contributed by atoms with Gasteiger partial charge in [-0.05, 0) is 42.3 Å². The summed E-state index contributed by atoms with van der Waals surface area (Å²) in [6.07, 6.45) is 5.77. The maximum Gasteiger partial charge on any atom is 0.254 e. The highest BCUT2D eigenvalue weighted by Crippen LogP contribution is 2.30. The molecule has 1 aliphatic heterocycles. The minimum absolute atomic E-state index is 0.224. The van der Waals surface area contributed by atoms with E-state index in [9.17, 15) is 4.79 Å². The van der Waals surface area contributed by atoms with Crippen molar-refractivity contribution < 1.29 is 9.53 Å². The first-order chi connectivity index (χ1) is 14.2. The van der Waals surface area contributed by atoms with Gasteiger partial charge in [0.1, 0.15) is 11.6 Å². The van der Waals surface area contributed by atoms with Crippen molar-refractivity contribution in [1.82, 2.24) is 15.0 Å². The van der Waals surface area contributed by atoms with Crippen LogP contribution in [0.25, 0.3) is 0 Å². The molecule has 9 heteroatoms. The average molecular weight is 391 g/mol. The van der Waals surface area contributed by atoms with Gasteiger partial charge in [0, 0.05) is 37.4 Å². The van der Waals surface area contributed by atoms with Crippen LogP contribution in [0.1, 0.15) is 22.3 Å². The smallest absolute Gasteiger partial charge is 0.254 e. The van der Waals surface area contributed by atoms with Gasteiger partial charge in [0.2, 0.25) is 5.95 Å². The first-order valence-electron chi connectivity index (χ1n) is 9.26. The van der Waals surface area contributed by atoms with Crippen LogP contribution in [-0.2, 0) is 6.54 Å². The van der Waals surface area contributed by atoms with E-state index in [0.717, 1.165) is 35.7 Å². The summed E-state index contributed by atoms with van der Waals surface area (Å²) in [5.41, 5.74) is 8.40. The third kappa shape index (κ3) is 4.52. The van der Waals surface area contributed by atoms with Crippen LogP contribution in [0.2, 0.25) is 0 Å². The van der Waals surface area contributed by atoms with E-state index in [4.69, 9.17) is 10.5 Å². The van der Waals surface area contributed by atoms with Gasteiger partial charge in [-0.15, -0.1) is 0 Å². The van der Waals surface area contributed by atoms with Crippen LogP contribution >= 0.6 is 0 Å². The molecule has 0 aliphatic carbocycles. The van der Waals surface area contributed by atoms with Gasteiger partial charge in [0.05, 0.1) is 17.9 Å². The van der Waals surface area contributed by atoms with Gasteiger partial charge in [-0.1, -0.05) is 0 Å². The molecule has 0 radical (unpaired) electrons. The number of carbonyl (C=O) groups excluding carboxylic acids is 1. The van der Waals surface area contributed by atoms with Crippen molar-refractivity contribution in [2.75, 3.05) is 29.1 Å². The van der Waals surface area contributed by atoms with Gasteiger partial charge in [-0.25, -0.2) is 4.98 Å². The van der Waals surface area contributed by atoms with E-state index in [2.05, 4.69) is 30.9 Å². The first kappa shape index (κ1) is 18.5. The van der Waals surface area contributed by atoms with E-state index >= 15 is 0 Å². The Kier molecular flexibility index (Phi) is 5.37. The van der Waals surface area contributed by atoms with Crippen LogP contribution in [0.3, 0.4) is 0 Å². The fraction of sp³-hybridized carbons (Fsp3) is 0.200. The molecule has 9 nitrogen and oxygen atoms in total. The SMILES string of the molecule is NC(=O)c1cnc(Nc2ccc3c(c2)NCCCO3)nc1NCc1ccncc1. The van der Waals surface area contributed by atoms with Gasteiger partial charge in [-0.3, -0.25) is 9.78 Å². The maximum absolute atomic E-state index is 11.7. The Bertz CT molecular complexity index is 1010. The van der Waals surface area contributed by atoms with Gasteiger partial charge < -0.3 is 26.4 Å². The van der Waals surface area contributed by atoms with Gasteiger partial charge in [-0.2, -0.15) is 4.98 Å². The largest absolute Gasteiger partial charge is 0.491 e. The summed E-state index contributed by atoms with van der Waals surface area (Å²) in [6, 6.07) is 9.48. The number of ether oxygens (including phenoxy) is 1. The molecule has 0 saturated carbocycles. The number of pyridine rings is 1. The molecule has 1 aromatic carbocycles. The Labute approximate surface area is 167 Å². The van der Waals surface area contributed by atoms with Crippen molar-refractivity contribution in [3.8, 4) is 5.75 Å². The molecule has 3 heterocycles.